The normalized spacial score (nSPS) is 26.4. The Hall–Kier alpha value is -1.08. The third kappa shape index (κ3) is 58.3. The van der Waals surface area contributed by atoms with Crippen LogP contribution in [0.25, 0.3) is 0 Å². The van der Waals surface area contributed by atoms with Crippen molar-refractivity contribution in [2.75, 3.05) is 272 Å². The molecule has 0 unspecified atom stereocenters. The Balaban J connectivity index is 0.000000775. The van der Waals surface area contributed by atoms with Gasteiger partial charge in [0.25, 0.3) is 0 Å². The quantitative estimate of drug-likeness (QED) is 0.153. The summed E-state index contributed by atoms with van der Waals surface area (Å²) >= 11 is 0. The van der Waals surface area contributed by atoms with E-state index in [0.29, 0.717) is 125 Å². The second-order valence-electron chi connectivity index (χ2n) is 53.8. The van der Waals surface area contributed by atoms with Crippen molar-refractivity contribution in [3.8, 4) is 0 Å². The summed E-state index contributed by atoms with van der Waals surface area (Å²) in [4.78, 5) is 41.6. The van der Waals surface area contributed by atoms with Crippen molar-refractivity contribution in [3.05, 3.63) is 0 Å². The van der Waals surface area contributed by atoms with Crippen LogP contribution < -0.4 is 22.1 Å². The third-order valence-electron chi connectivity index (χ3n) is 31.3. The number of likely N-dealkylation sites (tertiary alicyclic amines) is 6. The minimum Gasteiger partial charge on any atom is -0.380 e. The second kappa shape index (κ2) is 66.2. The summed E-state index contributed by atoms with van der Waals surface area (Å²) in [6.07, 6.45) is 13.6. The summed E-state index contributed by atoms with van der Waals surface area (Å²) in [7, 11) is 11.7. The van der Waals surface area contributed by atoms with Gasteiger partial charge in [0.05, 0.1) is 25.1 Å². The van der Waals surface area contributed by atoms with Crippen LogP contribution in [0.2, 0.25) is 0 Å². The number of nitrogens with zero attached hydrogens (tertiary/aromatic N) is 18. The van der Waals surface area contributed by atoms with Gasteiger partial charge in [0.2, 0.25) is 10.0 Å². The van der Waals surface area contributed by atoms with Crippen LogP contribution in [0.4, 0.5) is 4.39 Å². The molecule has 8 atom stereocenters. The monoisotopic (exact) mass is 2040 g/mol. The number of rotatable bonds is 11. The predicted octanol–water partition coefficient (Wildman–Crippen LogP) is 15.4. The van der Waals surface area contributed by atoms with Gasteiger partial charge in [-0.3, -0.25) is 63.7 Å². The molecule has 12 aliphatic heterocycles. The maximum atomic E-state index is 13.6. The lowest BCUT2D eigenvalue weighted by atomic mass is 9.98. The molecule has 0 bridgehead atoms. The fraction of sp³-hybridized carbons (Fsp3) is 1.00. The predicted molar refractivity (Wildman–Crippen MR) is 618 cm³/mol. The fourth-order valence-electron chi connectivity index (χ4n) is 20.6. The lowest BCUT2D eigenvalue weighted by Crippen LogP contribution is -2.55. The zero-order chi connectivity index (χ0) is 109. The molecule has 0 aromatic carbocycles. The average Bonchev–Trinajstić information content (AvgIpc) is 1.56. The molecule has 0 aromatic heterocycles. The molecule has 0 radical (unpaired) electrons. The Morgan fingerprint density at radius 1 is 0.352 bits per heavy atom. The average molecular weight is 2040 g/mol. The van der Waals surface area contributed by atoms with Crippen molar-refractivity contribution in [1.82, 2.24) is 98.2 Å². The zero-order valence-corrected chi connectivity index (χ0v) is 104. The second-order valence-corrected chi connectivity index (χ2v) is 55.8. The molecule has 142 heavy (non-hydrogen) atoms. The topological polar surface area (TPSA) is 187 Å². The molecule has 0 aromatic rings. The summed E-state index contributed by atoms with van der Waals surface area (Å²) in [5.74, 6) is 0. The van der Waals surface area contributed by atoms with Gasteiger partial charge in [-0.25, -0.2) is 12.8 Å². The maximum Gasteiger partial charge on any atom is 0.211 e. The number of nitrogens with two attached hydrogens (primary N) is 2. The smallest absolute Gasteiger partial charge is 0.211 e. The Labute approximate surface area is 884 Å². The van der Waals surface area contributed by atoms with E-state index in [9.17, 15) is 12.8 Å². The summed E-state index contributed by atoms with van der Waals surface area (Å²) in [6, 6.07) is 7.84. The van der Waals surface area contributed by atoms with Crippen molar-refractivity contribution in [2.24, 2.45) is 11.5 Å². The highest BCUT2D eigenvalue weighted by Gasteiger charge is 2.38. The molecule has 28 heteroatoms. The standard InChI is InChI=1S/2C11H24N2.C10H21FN2.3C10H22N2.C9H20N2O2S.2C9H20N2.C9H19NO.C8H18N2.C8H17NO/c1-11(2,3)13-8-6-10(7-9-13)12(4)5;1-10(2)12-6-8-13(9-7-12)11(3,4)5;1-8(2)13-6-5-10(12(3)4)9(11)7-13;1-10(2,3)12-7-6-9(8-12)11(4)5;1-10(2,3)12-7-5-9(11-4)6-8-12;1-5-11-6-8-12(9-7-11)10(2,3)4;1-9(2,3)10-5-7-11(8-6-10)14(4,12)13;1-7(2)11-5-8(3)10-9(4)6-11;1-9(2,3)11-6-4-8(10)5-7-11;1-7(2)10-5-8(3)11-9(4)6-10;1-8(2,3)10-5-4-7(9)6-10;1-8(2)9-4-3-6-10-7-5-9/h2*10H,6-9H2,1-5H3;8-10H,5-7H2,1-4H3;9H,6-8H2,1-5H3;9,11H,5-8H2,1-4H3;5-9H2,1-4H3;5-8H2,1-4H3;7-10H,5-6H2,1-4H3;8H,4-7,10H2,1-3H3;7-9H,5-6H2,1-4H3;7H,4-6,9H2,1-3H3;8H,3-7H2,1-2H3/t;;9-,10+;9-;;;;8-,9+;;8-,9+;7-;/m..00......1./s1. The first-order valence-electron chi connectivity index (χ1n) is 57.2. The van der Waals surface area contributed by atoms with E-state index in [1.165, 1.54) is 182 Å². The summed E-state index contributed by atoms with van der Waals surface area (Å²) < 4.78 is 48.6. The van der Waals surface area contributed by atoms with E-state index in [2.05, 4.69) is 394 Å². The van der Waals surface area contributed by atoms with E-state index in [1.54, 1.807) is 4.31 Å². The highest BCUT2D eigenvalue weighted by atomic mass is 32.2. The summed E-state index contributed by atoms with van der Waals surface area (Å²) in [5, 5.41) is 6.87. The number of sulfonamides is 1. The molecule has 0 saturated carbocycles. The molecule has 0 aliphatic carbocycles. The molecule has 0 spiro atoms. The molecule has 12 heterocycles. The Kier molecular flexibility index (Phi) is 64.8. The number of alkyl halides is 1. The highest BCUT2D eigenvalue weighted by molar-refractivity contribution is 7.88. The molecular formula is C114H249FN22O4S. The summed E-state index contributed by atoms with van der Waals surface area (Å²) in [5.41, 5.74) is 14.2. The van der Waals surface area contributed by atoms with Gasteiger partial charge in [0.1, 0.15) is 6.17 Å². The van der Waals surface area contributed by atoms with Crippen molar-refractivity contribution in [3.63, 3.8) is 0 Å². The fourth-order valence-corrected chi connectivity index (χ4v) is 21.5. The Bertz CT molecular complexity index is 3110. The van der Waals surface area contributed by atoms with Gasteiger partial charge in [-0.1, -0.05) is 6.92 Å². The van der Waals surface area contributed by atoms with E-state index in [-0.39, 0.29) is 11.6 Å². The van der Waals surface area contributed by atoms with Crippen LogP contribution in [0.5, 0.6) is 0 Å². The lowest BCUT2D eigenvalue weighted by Gasteiger charge is -2.43. The van der Waals surface area contributed by atoms with Crippen LogP contribution in [0, 0.1) is 0 Å². The van der Waals surface area contributed by atoms with Crippen molar-refractivity contribution < 1.29 is 22.3 Å². The molecule has 26 nitrogen and oxygen atoms in total. The third-order valence-corrected chi connectivity index (χ3v) is 32.6. The largest absolute Gasteiger partial charge is 0.380 e. The Morgan fingerprint density at radius 2 is 0.676 bits per heavy atom. The van der Waals surface area contributed by atoms with Gasteiger partial charge in [-0.2, -0.15) is 4.31 Å². The Morgan fingerprint density at radius 3 is 0.993 bits per heavy atom. The van der Waals surface area contributed by atoms with Crippen LogP contribution in [0.1, 0.15) is 334 Å². The van der Waals surface area contributed by atoms with Crippen LogP contribution in [0.3, 0.4) is 0 Å². The minimum absolute atomic E-state index is 0.120. The first-order chi connectivity index (χ1) is 65.0. The van der Waals surface area contributed by atoms with E-state index in [4.69, 9.17) is 20.9 Å². The van der Waals surface area contributed by atoms with Crippen LogP contribution >= 0.6 is 0 Å². The lowest BCUT2D eigenvalue weighted by molar-refractivity contribution is -0.0764. The number of hydrogen-bond acceptors (Lipinski definition) is 25. The zero-order valence-electron chi connectivity index (χ0n) is 103. The number of morpholine rings is 1. The number of likely N-dealkylation sites (N-methyl/N-ethyl adjacent to an activating group) is 2. The first-order valence-corrected chi connectivity index (χ1v) is 59.1. The van der Waals surface area contributed by atoms with Gasteiger partial charge in [0.15, 0.2) is 0 Å². The van der Waals surface area contributed by atoms with Gasteiger partial charge in [-0.05, 0) is 383 Å². The van der Waals surface area contributed by atoms with Gasteiger partial charge in [-0.15, -0.1) is 0 Å². The van der Waals surface area contributed by atoms with Crippen LogP contribution in [0.15, 0.2) is 0 Å². The van der Waals surface area contributed by atoms with Crippen LogP contribution in [-0.4, -0.2) is 509 Å². The molecule has 6 N–H and O–H groups in total. The molecule has 12 fully saturated rings. The van der Waals surface area contributed by atoms with E-state index >= 15 is 0 Å². The number of nitrogens with one attached hydrogen (secondary N) is 2. The van der Waals surface area contributed by atoms with Crippen molar-refractivity contribution >= 4 is 10.0 Å². The van der Waals surface area contributed by atoms with E-state index in [1.807, 2.05) is 19.0 Å². The van der Waals surface area contributed by atoms with Gasteiger partial charge < -0.3 is 51.2 Å². The SMILES string of the molecule is CC(C)(C)N1CCC(N)CC1.CC(C)(C)N1CCN(S(C)(=O)=O)CC1.CC(C)(C)N1CC[C@@H](N)C1.CC(C)N1CCCOCC1.CC(C)N1CCN(C(C)(C)C)CC1.CC(C)N1CC[C@@H](N(C)C)[C@@H](F)C1.CC(C)N1C[C@@H](C)N[C@@H](C)C1.CC(C)N1C[C@@H](C)O[C@@H](C)C1.CCN1CCN(C(C)(C)C)CC1.CN(C)C1CCN(C(C)(C)C)CC1.CN(C)[C@H]1CCN(C(C)(C)C)C1.CNC1CCN(C(C)(C)C)CC1. The summed E-state index contributed by atoms with van der Waals surface area (Å²) in [6.45, 7) is 124. The van der Waals surface area contributed by atoms with E-state index in [0.717, 1.165) is 103 Å². The van der Waals surface area contributed by atoms with E-state index < -0.39 is 16.2 Å². The first kappa shape index (κ1) is 139. The molecular weight excluding hydrogens is 1790 g/mol. The minimum atomic E-state index is -2.99. The molecule has 0 amide bonds. The van der Waals surface area contributed by atoms with Crippen molar-refractivity contribution in [2.45, 2.75) is 475 Å². The van der Waals surface area contributed by atoms with Gasteiger partial charge in [0, 0.05) is 326 Å². The van der Waals surface area contributed by atoms with Crippen LogP contribution in [-0.2, 0) is 19.5 Å². The number of hydrogen-bond donors (Lipinski definition) is 4. The molecule has 12 saturated heterocycles. The number of halogens is 1. The number of ether oxygens (including phenoxy) is 2. The number of piperazine rings is 4. The van der Waals surface area contributed by atoms with Crippen molar-refractivity contribution in [1.29, 1.82) is 0 Å². The molecule has 12 aliphatic rings. The molecule has 12 rings (SSSR count). The highest BCUT2D eigenvalue weighted by Crippen LogP contribution is 2.29. The maximum absolute atomic E-state index is 13.6. The molecule has 852 valence electrons. The van der Waals surface area contributed by atoms with Gasteiger partial charge >= 0.3 is 0 Å². The number of piperidine rings is 4.